The maximum atomic E-state index is 13.0. The van der Waals surface area contributed by atoms with Gasteiger partial charge in [0.2, 0.25) is 11.2 Å². The highest BCUT2D eigenvalue weighted by Gasteiger charge is 2.56. The zero-order valence-corrected chi connectivity index (χ0v) is 19.1. The van der Waals surface area contributed by atoms with Crippen LogP contribution >= 0.6 is 0 Å². The second-order valence-corrected chi connectivity index (χ2v) is 9.47. The fraction of sp³-hybridized carbons (Fsp3) is 0.773. The van der Waals surface area contributed by atoms with Crippen molar-refractivity contribution in [3.05, 3.63) is 11.6 Å². The normalized spacial score (nSPS) is 39.3. The van der Waals surface area contributed by atoms with Crippen LogP contribution in [0.5, 0.6) is 0 Å². The molecule has 3 aliphatic heterocycles. The first kappa shape index (κ1) is 24.6. The van der Waals surface area contributed by atoms with Crippen LogP contribution in [0.15, 0.2) is 11.6 Å². The zero-order valence-electron chi connectivity index (χ0n) is 19.1. The molecule has 2 saturated heterocycles. The lowest BCUT2D eigenvalue weighted by Gasteiger charge is -2.38. The summed E-state index contributed by atoms with van der Waals surface area (Å²) in [6.07, 6.45) is -2.02. The maximum Gasteiger partial charge on any atom is 0.342 e. The van der Waals surface area contributed by atoms with Gasteiger partial charge in [-0.3, -0.25) is 4.90 Å². The number of esters is 3. The standard InChI is InChI=1S/C22H33NO9/c1-11(2)21(28)13(5)31-18(25)17(24)22(29,12(3)4)20(27)32-15-7-9-23-8-6-14(16(15)23)10-30-19(21)26/h6,11-13,15-17,24,28-29H,7-10H2,1-5H3. The molecule has 32 heavy (non-hydrogen) atoms. The SMILES string of the molecule is CC(C)C1(O)C(=O)OCC2=CCN3CCC(OC(=O)C(O)(C(C)C)C(O)C(=O)OC1C)C23. The molecule has 3 heterocycles. The van der Waals surface area contributed by atoms with E-state index in [1.165, 1.54) is 20.8 Å². The van der Waals surface area contributed by atoms with Gasteiger partial charge in [-0.25, -0.2) is 14.4 Å². The third kappa shape index (κ3) is 3.83. The molecule has 2 fully saturated rings. The van der Waals surface area contributed by atoms with Gasteiger partial charge in [-0.05, 0) is 30.8 Å². The van der Waals surface area contributed by atoms with E-state index in [0.717, 1.165) is 5.57 Å². The van der Waals surface area contributed by atoms with Crippen molar-refractivity contribution in [2.24, 2.45) is 11.8 Å². The number of ether oxygens (including phenoxy) is 3. The summed E-state index contributed by atoms with van der Waals surface area (Å²) in [7, 11) is 0. The van der Waals surface area contributed by atoms with Crippen LogP contribution in [-0.2, 0) is 28.6 Å². The molecule has 0 spiro atoms. The molecule has 6 atom stereocenters. The van der Waals surface area contributed by atoms with Crippen LogP contribution in [0.4, 0.5) is 0 Å². The summed E-state index contributed by atoms with van der Waals surface area (Å²) in [5.41, 5.74) is -4.06. The molecule has 6 unspecified atom stereocenters. The van der Waals surface area contributed by atoms with E-state index < -0.39 is 59.3 Å². The lowest BCUT2D eigenvalue weighted by molar-refractivity contribution is -0.214. The predicted molar refractivity (Wildman–Crippen MR) is 110 cm³/mol. The molecule has 0 amide bonds. The Morgan fingerprint density at radius 3 is 2.25 bits per heavy atom. The molecular weight excluding hydrogens is 422 g/mol. The van der Waals surface area contributed by atoms with E-state index in [0.29, 0.717) is 19.5 Å². The van der Waals surface area contributed by atoms with E-state index in [4.69, 9.17) is 14.2 Å². The van der Waals surface area contributed by atoms with E-state index in [1.807, 2.05) is 11.0 Å². The largest absolute Gasteiger partial charge is 0.459 e. The van der Waals surface area contributed by atoms with E-state index in [1.54, 1.807) is 13.8 Å². The third-order valence-electron chi connectivity index (χ3n) is 7.01. The third-order valence-corrected chi connectivity index (χ3v) is 7.01. The summed E-state index contributed by atoms with van der Waals surface area (Å²) < 4.78 is 16.2. The first-order valence-electron chi connectivity index (χ1n) is 11.0. The minimum absolute atomic E-state index is 0.124. The Morgan fingerprint density at radius 2 is 1.66 bits per heavy atom. The summed E-state index contributed by atoms with van der Waals surface area (Å²) in [4.78, 5) is 40.7. The molecule has 0 radical (unpaired) electrons. The number of rotatable bonds is 2. The number of aliphatic hydroxyl groups is 3. The van der Waals surface area contributed by atoms with Crippen LogP contribution in [0, 0.1) is 11.8 Å². The second kappa shape index (κ2) is 8.74. The molecular formula is C22H33NO9. The van der Waals surface area contributed by atoms with Gasteiger partial charge in [0.15, 0.2) is 6.10 Å². The van der Waals surface area contributed by atoms with Crippen molar-refractivity contribution in [2.45, 2.75) is 76.6 Å². The highest BCUT2D eigenvalue weighted by molar-refractivity contribution is 5.90. The number of carbonyl (C=O) groups excluding carboxylic acids is 3. The van der Waals surface area contributed by atoms with Crippen LogP contribution < -0.4 is 0 Å². The molecule has 0 bridgehead atoms. The second-order valence-electron chi connectivity index (χ2n) is 9.47. The van der Waals surface area contributed by atoms with Crippen LogP contribution in [-0.4, -0.2) is 93.4 Å². The van der Waals surface area contributed by atoms with Crippen molar-refractivity contribution in [1.29, 1.82) is 0 Å². The molecule has 0 aromatic carbocycles. The topological polar surface area (TPSA) is 143 Å². The van der Waals surface area contributed by atoms with Crippen LogP contribution in [0.1, 0.15) is 41.0 Å². The maximum absolute atomic E-state index is 13.0. The smallest absolute Gasteiger partial charge is 0.342 e. The van der Waals surface area contributed by atoms with Gasteiger partial charge >= 0.3 is 17.9 Å². The lowest BCUT2D eigenvalue weighted by Crippen LogP contribution is -2.61. The molecule has 0 saturated carbocycles. The number of cyclic esters (lactones) is 2. The predicted octanol–water partition coefficient (Wildman–Crippen LogP) is -0.464. The quantitative estimate of drug-likeness (QED) is 0.284. The minimum Gasteiger partial charge on any atom is -0.459 e. The summed E-state index contributed by atoms with van der Waals surface area (Å²) >= 11 is 0. The highest BCUT2D eigenvalue weighted by Crippen LogP contribution is 2.35. The Morgan fingerprint density at radius 1 is 1.03 bits per heavy atom. The van der Waals surface area contributed by atoms with E-state index in [2.05, 4.69) is 0 Å². The minimum atomic E-state index is -2.58. The van der Waals surface area contributed by atoms with Crippen molar-refractivity contribution >= 4 is 17.9 Å². The Balaban J connectivity index is 2.03. The van der Waals surface area contributed by atoms with Gasteiger partial charge in [-0.1, -0.05) is 33.8 Å². The van der Waals surface area contributed by atoms with Crippen molar-refractivity contribution in [2.75, 3.05) is 19.7 Å². The molecule has 10 heteroatoms. The molecule has 3 N–H and O–H groups in total. The van der Waals surface area contributed by atoms with Gasteiger partial charge in [0.25, 0.3) is 0 Å². The first-order chi connectivity index (χ1) is 14.8. The van der Waals surface area contributed by atoms with E-state index in [-0.39, 0.29) is 12.6 Å². The zero-order chi connectivity index (χ0) is 24.0. The van der Waals surface area contributed by atoms with Gasteiger partial charge in [-0.2, -0.15) is 0 Å². The Bertz CT molecular complexity index is 809. The average molecular weight is 456 g/mol. The van der Waals surface area contributed by atoms with Gasteiger partial charge < -0.3 is 29.5 Å². The Labute approximate surface area is 187 Å². The molecule has 180 valence electrons. The monoisotopic (exact) mass is 455 g/mol. The van der Waals surface area contributed by atoms with Crippen molar-refractivity contribution in [1.82, 2.24) is 4.90 Å². The number of nitrogens with zero attached hydrogens (tertiary/aromatic N) is 1. The lowest BCUT2D eigenvalue weighted by atomic mass is 9.83. The Kier molecular flexibility index (Phi) is 6.72. The molecule has 3 aliphatic rings. The van der Waals surface area contributed by atoms with Crippen molar-refractivity contribution in [3.8, 4) is 0 Å². The van der Waals surface area contributed by atoms with Gasteiger partial charge in [0.1, 0.15) is 18.8 Å². The summed E-state index contributed by atoms with van der Waals surface area (Å²) in [5.74, 6) is -5.06. The van der Waals surface area contributed by atoms with Crippen molar-refractivity contribution < 1.29 is 43.9 Å². The molecule has 0 aromatic rings. The Hall–Kier alpha value is -2.01. The fourth-order valence-corrected chi connectivity index (χ4v) is 4.66. The molecule has 3 rings (SSSR count). The van der Waals surface area contributed by atoms with E-state index in [9.17, 15) is 29.7 Å². The summed E-state index contributed by atoms with van der Waals surface area (Å²) in [6, 6.07) is -0.361. The number of hydrogen-bond acceptors (Lipinski definition) is 10. The summed E-state index contributed by atoms with van der Waals surface area (Å²) in [6.45, 7) is 8.42. The van der Waals surface area contributed by atoms with Gasteiger partial charge in [0, 0.05) is 13.1 Å². The number of aliphatic hydroxyl groups excluding tert-OH is 1. The van der Waals surface area contributed by atoms with Crippen LogP contribution in [0.3, 0.4) is 0 Å². The first-order valence-corrected chi connectivity index (χ1v) is 11.0. The number of carbonyl (C=O) groups is 3. The van der Waals surface area contributed by atoms with Crippen LogP contribution in [0.2, 0.25) is 0 Å². The highest BCUT2D eigenvalue weighted by atomic mass is 16.6. The molecule has 0 aromatic heterocycles. The molecule has 0 aliphatic carbocycles. The van der Waals surface area contributed by atoms with Gasteiger partial charge in [-0.15, -0.1) is 0 Å². The van der Waals surface area contributed by atoms with E-state index >= 15 is 0 Å². The van der Waals surface area contributed by atoms with Gasteiger partial charge in [0.05, 0.1) is 6.04 Å². The molecule has 10 nitrogen and oxygen atoms in total. The average Bonchev–Trinajstić information content (AvgIpc) is 3.31. The van der Waals surface area contributed by atoms with Crippen LogP contribution in [0.25, 0.3) is 0 Å². The number of hydrogen-bond donors (Lipinski definition) is 3. The summed E-state index contributed by atoms with van der Waals surface area (Å²) in [5, 5.41) is 32.9. The fourth-order valence-electron chi connectivity index (χ4n) is 4.66. The van der Waals surface area contributed by atoms with Crippen molar-refractivity contribution in [3.63, 3.8) is 0 Å².